The number of halogens is 1. The van der Waals surface area contributed by atoms with E-state index in [9.17, 15) is 18.8 Å². The lowest BCUT2D eigenvalue weighted by atomic mass is 9.95. The highest BCUT2D eigenvalue weighted by atomic mass is 19.1. The van der Waals surface area contributed by atoms with E-state index in [0.29, 0.717) is 57.4 Å². The minimum atomic E-state index is -0.549. The number of hydrogen-bond acceptors (Lipinski definition) is 4. The Morgan fingerprint density at radius 1 is 1.16 bits per heavy atom. The molecule has 0 spiro atoms. The standard InChI is InChI=1S/C23H34FN3O4/c1-16-7-8-17(14-19(16)24)15-26-21(29)18-9-12-27(13-10-18)20(28)6-5-11-25-22(30)31-23(2,3)4/h7-8,14,18H,5-6,9-13,15H2,1-4H3,(H,25,30)(H,26,29). The molecule has 0 radical (unpaired) electrons. The highest BCUT2D eigenvalue weighted by molar-refractivity contribution is 5.80. The monoisotopic (exact) mass is 435 g/mol. The highest BCUT2D eigenvalue weighted by Gasteiger charge is 2.27. The topological polar surface area (TPSA) is 87.7 Å². The van der Waals surface area contributed by atoms with Crippen molar-refractivity contribution in [2.75, 3.05) is 19.6 Å². The number of alkyl carbamates (subject to hydrolysis) is 1. The first-order valence-corrected chi connectivity index (χ1v) is 10.8. The van der Waals surface area contributed by atoms with Crippen molar-refractivity contribution in [3.05, 3.63) is 35.1 Å². The van der Waals surface area contributed by atoms with E-state index in [2.05, 4.69) is 10.6 Å². The molecule has 1 aromatic carbocycles. The number of ether oxygens (including phenoxy) is 1. The first-order chi connectivity index (χ1) is 14.5. The third-order valence-corrected chi connectivity index (χ3v) is 5.16. The number of carbonyl (C=O) groups is 3. The molecule has 2 N–H and O–H groups in total. The van der Waals surface area contributed by atoms with Gasteiger partial charge in [-0.05, 0) is 64.2 Å². The Hall–Kier alpha value is -2.64. The van der Waals surface area contributed by atoms with Gasteiger partial charge in [0.15, 0.2) is 0 Å². The zero-order chi connectivity index (χ0) is 23.0. The predicted octanol–water partition coefficient (Wildman–Crippen LogP) is 3.29. The van der Waals surface area contributed by atoms with Gasteiger partial charge in [-0.1, -0.05) is 12.1 Å². The average Bonchev–Trinajstić information content (AvgIpc) is 2.70. The molecule has 0 aromatic heterocycles. The first-order valence-electron chi connectivity index (χ1n) is 10.8. The fourth-order valence-electron chi connectivity index (χ4n) is 3.37. The molecule has 1 heterocycles. The molecular weight excluding hydrogens is 401 g/mol. The maximum Gasteiger partial charge on any atom is 0.407 e. The molecule has 0 saturated carbocycles. The summed E-state index contributed by atoms with van der Waals surface area (Å²) < 4.78 is 18.8. The summed E-state index contributed by atoms with van der Waals surface area (Å²) in [6.45, 7) is 8.82. The van der Waals surface area contributed by atoms with Crippen molar-refractivity contribution in [2.45, 2.75) is 65.5 Å². The fourth-order valence-corrected chi connectivity index (χ4v) is 3.37. The molecule has 1 aromatic rings. The largest absolute Gasteiger partial charge is 0.444 e. The summed E-state index contributed by atoms with van der Waals surface area (Å²) in [7, 11) is 0. The minimum Gasteiger partial charge on any atom is -0.444 e. The lowest BCUT2D eigenvalue weighted by Gasteiger charge is -2.31. The van der Waals surface area contributed by atoms with Gasteiger partial charge in [0.1, 0.15) is 11.4 Å². The van der Waals surface area contributed by atoms with Crippen LogP contribution in [0.2, 0.25) is 0 Å². The van der Waals surface area contributed by atoms with Gasteiger partial charge in [-0.25, -0.2) is 9.18 Å². The normalized spacial score (nSPS) is 14.8. The number of benzene rings is 1. The summed E-state index contributed by atoms with van der Waals surface area (Å²) in [6.07, 6.45) is 1.60. The molecule has 0 aliphatic carbocycles. The van der Waals surface area contributed by atoms with Crippen molar-refractivity contribution in [2.24, 2.45) is 5.92 Å². The summed E-state index contributed by atoms with van der Waals surface area (Å²) in [6, 6.07) is 4.94. The second kappa shape index (κ2) is 11.1. The number of nitrogens with zero attached hydrogens (tertiary/aromatic N) is 1. The maximum atomic E-state index is 13.6. The molecule has 7 nitrogen and oxygen atoms in total. The van der Waals surface area contributed by atoms with E-state index in [4.69, 9.17) is 4.74 Å². The van der Waals surface area contributed by atoms with E-state index < -0.39 is 11.7 Å². The number of carbonyl (C=O) groups excluding carboxylic acids is 3. The molecule has 0 unspecified atom stereocenters. The molecule has 2 rings (SSSR count). The SMILES string of the molecule is Cc1ccc(CNC(=O)C2CCN(C(=O)CCCNC(=O)OC(C)(C)C)CC2)cc1F. The van der Waals surface area contributed by atoms with Crippen LogP contribution in [0.25, 0.3) is 0 Å². The lowest BCUT2D eigenvalue weighted by Crippen LogP contribution is -2.43. The van der Waals surface area contributed by atoms with Gasteiger partial charge < -0.3 is 20.3 Å². The number of hydrogen-bond donors (Lipinski definition) is 2. The van der Waals surface area contributed by atoms with Crippen LogP contribution in [0.1, 0.15) is 57.6 Å². The molecule has 31 heavy (non-hydrogen) atoms. The van der Waals surface area contributed by atoms with Gasteiger partial charge in [0.05, 0.1) is 0 Å². The Kier molecular flexibility index (Phi) is 8.83. The smallest absolute Gasteiger partial charge is 0.407 e. The van der Waals surface area contributed by atoms with Gasteiger partial charge >= 0.3 is 6.09 Å². The second-order valence-electron chi connectivity index (χ2n) is 8.99. The Labute approximate surface area is 183 Å². The lowest BCUT2D eigenvalue weighted by molar-refractivity contribution is -0.135. The van der Waals surface area contributed by atoms with Gasteiger partial charge in [0, 0.05) is 38.5 Å². The van der Waals surface area contributed by atoms with E-state index in [0.717, 1.165) is 5.56 Å². The van der Waals surface area contributed by atoms with Crippen molar-refractivity contribution >= 4 is 17.9 Å². The maximum absolute atomic E-state index is 13.6. The number of likely N-dealkylation sites (tertiary alicyclic amines) is 1. The van der Waals surface area contributed by atoms with Crippen LogP contribution in [0.15, 0.2) is 18.2 Å². The summed E-state index contributed by atoms with van der Waals surface area (Å²) in [5.74, 6) is -0.456. The zero-order valence-corrected chi connectivity index (χ0v) is 18.9. The van der Waals surface area contributed by atoms with Crippen molar-refractivity contribution in [1.82, 2.24) is 15.5 Å². The molecule has 0 bridgehead atoms. The van der Waals surface area contributed by atoms with E-state index in [1.807, 2.05) is 0 Å². The zero-order valence-electron chi connectivity index (χ0n) is 18.9. The van der Waals surface area contributed by atoms with Crippen LogP contribution >= 0.6 is 0 Å². The highest BCUT2D eigenvalue weighted by Crippen LogP contribution is 2.19. The van der Waals surface area contributed by atoms with Crippen LogP contribution in [0.5, 0.6) is 0 Å². The number of nitrogens with one attached hydrogen (secondary N) is 2. The first kappa shape index (κ1) is 24.6. The van der Waals surface area contributed by atoms with Gasteiger partial charge in [0.25, 0.3) is 0 Å². The molecule has 1 aliphatic rings. The quantitative estimate of drug-likeness (QED) is 0.644. The number of rotatable bonds is 7. The summed E-state index contributed by atoms with van der Waals surface area (Å²) in [4.78, 5) is 38.1. The van der Waals surface area contributed by atoms with Gasteiger partial charge in [0.2, 0.25) is 11.8 Å². The molecule has 0 atom stereocenters. The van der Waals surface area contributed by atoms with Crippen LogP contribution in [-0.2, 0) is 20.9 Å². The molecule has 1 aliphatic heterocycles. The summed E-state index contributed by atoms with van der Waals surface area (Å²) >= 11 is 0. The Bertz CT molecular complexity index is 784. The van der Waals surface area contributed by atoms with E-state index in [-0.39, 0.29) is 23.5 Å². The molecule has 1 fully saturated rings. The third-order valence-electron chi connectivity index (χ3n) is 5.16. The molecule has 172 valence electrons. The Morgan fingerprint density at radius 3 is 2.45 bits per heavy atom. The van der Waals surface area contributed by atoms with Crippen molar-refractivity contribution in [1.29, 1.82) is 0 Å². The van der Waals surface area contributed by atoms with Gasteiger partial charge in [-0.2, -0.15) is 0 Å². The fraction of sp³-hybridized carbons (Fsp3) is 0.609. The number of aryl methyl sites for hydroxylation is 1. The van der Waals surface area contributed by atoms with E-state index in [1.165, 1.54) is 6.07 Å². The van der Waals surface area contributed by atoms with Crippen LogP contribution < -0.4 is 10.6 Å². The van der Waals surface area contributed by atoms with Crippen LogP contribution in [0.3, 0.4) is 0 Å². The van der Waals surface area contributed by atoms with Gasteiger partial charge in [-0.15, -0.1) is 0 Å². The van der Waals surface area contributed by atoms with Crippen LogP contribution in [0.4, 0.5) is 9.18 Å². The Morgan fingerprint density at radius 2 is 1.84 bits per heavy atom. The van der Waals surface area contributed by atoms with Gasteiger partial charge in [-0.3, -0.25) is 9.59 Å². The predicted molar refractivity (Wildman–Crippen MR) is 116 cm³/mol. The van der Waals surface area contributed by atoms with E-state index >= 15 is 0 Å². The molecule has 1 saturated heterocycles. The van der Waals surface area contributed by atoms with Crippen LogP contribution in [-0.4, -0.2) is 48.0 Å². The molecular formula is C23H34FN3O4. The van der Waals surface area contributed by atoms with E-state index in [1.54, 1.807) is 44.7 Å². The Balaban J connectivity index is 1.64. The van der Waals surface area contributed by atoms with Crippen LogP contribution in [0, 0.1) is 18.7 Å². The second-order valence-corrected chi connectivity index (χ2v) is 8.99. The summed E-state index contributed by atoms with van der Waals surface area (Å²) in [5, 5.41) is 5.51. The third kappa shape index (κ3) is 8.55. The number of piperidine rings is 1. The summed E-state index contributed by atoms with van der Waals surface area (Å²) in [5.41, 5.74) is 0.754. The van der Waals surface area contributed by atoms with Crippen molar-refractivity contribution < 1.29 is 23.5 Å². The number of amides is 3. The average molecular weight is 436 g/mol. The van der Waals surface area contributed by atoms with Crippen molar-refractivity contribution in [3.8, 4) is 0 Å². The van der Waals surface area contributed by atoms with Crippen molar-refractivity contribution in [3.63, 3.8) is 0 Å². The minimum absolute atomic E-state index is 0.0278. The molecule has 3 amide bonds. The molecule has 8 heteroatoms.